The molecule has 2 aromatic heterocycles. The quantitative estimate of drug-likeness (QED) is 0.231. The van der Waals surface area contributed by atoms with Crippen molar-refractivity contribution in [1.29, 1.82) is 0 Å². The fraction of sp³-hybridized carbons (Fsp3) is 0. The summed E-state index contributed by atoms with van der Waals surface area (Å²) in [5.74, 6) is 0.245. The highest BCUT2D eigenvalue weighted by Crippen LogP contribution is 2.38. The predicted molar refractivity (Wildman–Crippen MR) is 168 cm³/mol. The van der Waals surface area contributed by atoms with Crippen molar-refractivity contribution >= 4 is 54.0 Å². The molecule has 40 heavy (non-hydrogen) atoms. The number of rotatable bonds is 3. The van der Waals surface area contributed by atoms with Crippen LogP contribution in [0.15, 0.2) is 127 Å². The van der Waals surface area contributed by atoms with Crippen LogP contribution in [0, 0.1) is 0 Å². The largest absolute Gasteiger partial charge is 0.508 e. The second-order valence-corrected chi connectivity index (χ2v) is 11.0. The molecule has 3 nitrogen and oxygen atoms in total. The second-order valence-electron chi connectivity index (χ2n) is 10.0. The fourth-order valence-corrected chi connectivity index (χ4v) is 6.57. The molecule has 0 saturated carbocycles. The molecule has 2 heterocycles. The van der Waals surface area contributed by atoms with E-state index in [0.29, 0.717) is 0 Å². The number of phenolic OH excluding ortho intramolecular Hbond substituents is 1. The number of nitrogens with zero attached hydrogens (tertiary/aromatic N) is 2. The SMILES string of the molecule is Oc1ccc2nc(-c3ccc(-c4ccc(-c5nc6ccccc6s5)cc4)cc3)c3ccc4ccccc4c3c2c1. The first-order valence-corrected chi connectivity index (χ1v) is 14.0. The normalized spacial score (nSPS) is 11.6. The van der Waals surface area contributed by atoms with Crippen LogP contribution in [0.4, 0.5) is 0 Å². The molecule has 0 atom stereocenters. The van der Waals surface area contributed by atoms with Crippen LogP contribution in [0.1, 0.15) is 0 Å². The molecule has 0 fully saturated rings. The van der Waals surface area contributed by atoms with Crippen molar-refractivity contribution in [1.82, 2.24) is 9.97 Å². The third kappa shape index (κ3) is 3.73. The van der Waals surface area contributed by atoms with Gasteiger partial charge in [0.15, 0.2) is 0 Å². The van der Waals surface area contributed by atoms with Crippen LogP contribution in [-0.4, -0.2) is 15.1 Å². The van der Waals surface area contributed by atoms with Gasteiger partial charge in [-0.2, -0.15) is 0 Å². The summed E-state index contributed by atoms with van der Waals surface area (Å²) < 4.78 is 1.21. The van der Waals surface area contributed by atoms with E-state index in [1.54, 1.807) is 17.4 Å². The van der Waals surface area contributed by atoms with E-state index in [4.69, 9.17) is 9.97 Å². The number of aromatic nitrogens is 2. The Morgan fingerprint density at radius 1 is 0.500 bits per heavy atom. The number of aromatic hydroxyl groups is 1. The Labute approximate surface area is 234 Å². The highest BCUT2D eigenvalue weighted by molar-refractivity contribution is 7.21. The average molecular weight is 531 g/mol. The van der Waals surface area contributed by atoms with Gasteiger partial charge >= 0.3 is 0 Å². The molecule has 0 aliphatic heterocycles. The molecule has 0 amide bonds. The number of para-hydroxylation sites is 1. The highest BCUT2D eigenvalue weighted by Gasteiger charge is 2.14. The first-order chi connectivity index (χ1) is 19.7. The number of pyridine rings is 1. The molecule has 8 aromatic rings. The van der Waals surface area contributed by atoms with E-state index in [0.717, 1.165) is 65.5 Å². The maximum atomic E-state index is 10.3. The number of thiazole rings is 1. The van der Waals surface area contributed by atoms with Crippen LogP contribution < -0.4 is 0 Å². The lowest BCUT2D eigenvalue weighted by Crippen LogP contribution is -1.91. The van der Waals surface area contributed by atoms with Crippen LogP contribution >= 0.6 is 11.3 Å². The Morgan fingerprint density at radius 2 is 1.20 bits per heavy atom. The van der Waals surface area contributed by atoms with Crippen LogP contribution in [0.2, 0.25) is 0 Å². The Morgan fingerprint density at radius 3 is 2.00 bits per heavy atom. The van der Waals surface area contributed by atoms with Crippen LogP contribution in [0.25, 0.3) is 75.6 Å². The number of hydrogen-bond donors (Lipinski definition) is 1. The second kappa shape index (κ2) is 9.01. The van der Waals surface area contributed by atoms with Crippen molar-refractivity contribution in [3.63, 3.8) is 0 Å². The van der Waals surface area contributed by atoms with Crippen molar-refractivity contribution in [3.8, 4) is 38.7 Å². The van der Waals surface area contributed by atoms with E-state index in [1.165, 1.54) is 10.1 Å². The summed E-state index contributed by atoms with van der Waals surface area (Å²) in [7, 11) is 0. The number of benzene rings is 6. The maximum absolute atomic E-state index is 10.3. The summed E-state index contributed by atoms with van der Waals surface area (Å²) in [5, 5.41) is 16.8. The highest BCUT2D eigenvalue weighted by atomic mass is 32.1. The molecule has 1 N–H and O–H groups in total. The van der Waals surface area contributed by atoms with E-state index in [9.17, 15) is 5.11 Å². The van der Waals surface area contributed by atoms with Gasteiger partial charge in [-0.15, -0.1) is 11.3 Å². The zero-order valence-electron chi connectivity index (χ0n) is 21.4. The Bertz CT molecular complexity index is 2180. The molecule has 0 saturated heterocycles. The Kier molecular flexibility index (Phi) is 5.15. The summed E-state index contributed by atoms with van der Waals surface area (Å²) in [6.07, 6.45) is 0. The van der Waals surface area contributed by atoms with Gasteiger partial charge in [-0.05, 0) is 52.2 Å². The molecule has 8 rings (SSSR count). The topological polar surface area (TPSA) is 46.0 Å². The van der Waals surface area contributed by atoms with Crippen molar-refractivity contribution < 1.29 is 5.11 Å². The van der Waals surface area contributed by atoms with E-state index >= 15 is 0 Å². The first kappa shape index (κ1) is 22.9. The summed E-state index contributed by atoms with van der Waals surface area (Å²) >= 11 is 1.72. The van der Waals surface area contributed by atoms with E-state index in [2.05, 4.69) is 103 Å². The lowest BCUT2D eigenvalue weighted by Gasteiger charge is -2.13. The molecule has 0 radical (unpaired) electrons. The Hall–Kier alpha value is -5.06. The maximum Gasteiger partial charge on any atom is 0.124 e. The third-order valence-corrected chi connectivity index (χ3v) is 8.67. The van der Waals surface area contributed by atoms with Gasteiger partial charge in [-0.25, -0.2) is 9.97 Å². The van der Waals surface area contributed by atoms with Gasteiger partial charge in [0.1, 0.15) is 10.8 Å². The summed E-state index contributed by atoms with van der Waals surface area (Å²) in [6.45, 7) is 0. The standard InChI is InChI=1S/C36H22N2OS/c39-27-18-20-31-30(21-27)34-28-6-2-1-5-24(28)17-19-29(34)35(37-31)25-13-9-22(10-14-25)23-11-15-26(16-12-23)36-38-32-7-3-4-8-33(32)40-36/h1-21,39H. The minimum absolute atomic E-state index is 0.245. The number of hydrogen-bond acceptors (Lipinski definition) is 4. The van der Waals surface area contributed by atoms with Gasteiger partial charge < -0.3 is 5.11 Å². The molecule has 0 unspecified atom stereocenters. The number of fused-ring (bicyclic) bond motifs is 6. The van der Waals surface area contributed by atoms with Crippen molar-refractivity contribution in [2.24, 2.45) is 0 Å². The molecule has 188 valence electrons. The van der Waals surface area contributed by atoms with Crippen molar-refractivity contribution in [2.75, 3.05) is 0 Å². The monoisotopic (exact) mass is 530 g/mol. The smallest absolute Gasteiger partial charge is 0.124 e. The van der Waals surface area contributed by atoms with Gasteiger partial charge in [-0.1, -0.05) is 97.1 Å². The molecule has 4 heteroatoms. The molecular formula is C36H22N2OS. The van der Waals surface area contributed by atoms with Gasteiger partial charge in [-0.3, -0.25) is 0 Å². The summed E-state index contributed by atoms with van der Waals surface area (Å²) in [5.41, 5.74) is 7.36. The van der Waals surface area contributed by atoms with Crippen molar-refractivity contribution in [2.45, 2.75) is 0 Å². The lowest BCUT2D eigenvalue weighted by molar-refractivity contribution is 0.476. The lowest BCUT2D eigenvalue weighted by atomic mass is 9.94. The van der Waals surface area contributed by atoms with Gasteiger partial charge in [0.05, 0.1) is 21.4 Å². The zero-order valence-corrected chi connectivity index (χ0v) is 22.2. The minimum Gasteiger partial charge on any atom is -0.508 e. The average Bonchev–Trinajstić information content (AvgIpc) is 3.45. The molecule has 0 aliphatic carbocycles. The molecule has 0 bridgehead atoms. The van der Waals surface area contributed by atoms with Gasteiger partial charge in [0.25, 0.3) is 0 Å². The van der Waals surface area contributed by atoms with Gasteiger partial charge in [0.2, 0.25) is 0 Å². The fourth-order valence-electron chi connectivity index (χ4n) is 5.60. The first-order valence-electron chi connectivity index (χ1n) is 13.2. The van der Waals surface area contributed by atoms with E-state index < -0.39 is 0 Å². The van der Waals surface area contributed by atoms with Crippen LogP contribution in [0.3, 0.4) is 0 Å². The van der Waals surface area contributed by atoms with Crippen molar-refractivity contribution in [3.05, 3.63) is 127 Å². The van der Waals surface area contributed by atoms with Gasteiger partial charge in [0, 0.05) is 27.3 Å². The Balaban J connectivity index is 1.20. The third-order valence-electron chi connectivity index (χ3n) is 7.58. The summed E-state index contributed by atoms with van der Waals surface area (Å²) in [6, 6.07) is 43.7. The molecule has 0 spiro atoms. The number of phenols is 1. The minimum atomic E-state index is 0.245. The molecule has 0 aliphatic rings. The van der Waals surface area contributed by atoms with E-state index in [1.807, 2.05) is 18.2 Å². The summed E-state index contributed by atoms with van der Waals surface area (Å²) in [4.78, 5) is 9.87. The molecule has 6 aromatic carbocycles. The molecular weight excluding hydrogens is 508 g/mol. The predicted octanol–water partition coefficient (Wildman–Crippen LogP) is 9.86. The zero-order chi connectivity index (χ0) is 26.6. The van der Waals surface area contributed by atoms with E-state index in [-0.39, 0.29) is 5.75 Å². The van der Waals surface area contributed by atoms with Crippen LogP contribution in [-0.2, 0) is 0 Å². The van der Waals surface area contributed by atoms with Crippen LogP contribution in [0.5, 0.6) is 5.75 Å².